The zero-order valence-electron chi connectivity index (χ0n) is 14.9. The highest BCUT2D eigenvalue weighted by atomic mass is 35.5. The lowest BCUT2D eigenvalue weighted by Gasteiger charge is -2.37. The van der Waals surface area contributed by atoms with E-state index in [-0.39, 0.29) is 6.61 Å². The van der Waals surface area contributed by atoms with Gasteiger partial charge in [-0.1, -0.05) is 23.7 Å². The summed E-state index contributed by atoms with van der Waals surface area (Å²) in [5.74, 6) is -1.71. The molecule has 0 saturated carbocycles. The largest absolute Gasteiger partial charge is 0.465 e. The predicted molar refractivity (Wildman–Crippen MR) is 99.1 cm³/mol. The Bertz CT molecular complexity index is 744. The summed E-state index contributed by atoms with van der Waals surface area (Å²) in [4.78, 5) is 44.2. The Labute approximate surface area is 162 Å². The molecule has 1 aromatic rings. The second-order valence-corrected chi connectivity index (χ2v) is 6.73. The number of nitrogens with one attached hydrogen (secondary N) is 1. The van der Waals surface area contributed by atoms with Crippen molar-refractivity contribution in [1.82, 2.24) is 15.1 Å². The number of carbonyl (C=O) groups is 3. The molecule has 2 aliphatic rings. The van der Waals surface area contributed by atoms with Gasteiger partial charge >= 0.3 is 5.97 Å². The fraction of sp³-hybridized carbons (Fsp3) is 0.444. The summed E-state index contributed by atoms with van der Waals surface area (Å²) < 4.78 is 5.08. The van der Waals surface area contributed by atoms with Gasteiger partial charge in [0.05, 0.1) is 6.61 Å². The van der Waals surface area contributed by atoms with Crippen LogP contribution in [0.25, 0.3) is 0 Å². The summed E-state index contributed by atoms with van der Waals surface area (Å²) in [6.45, 7) is 4.07. The monoisotopic (exact) mass is 392 g/mol. The average Bonchev–Trinajstić information content (AvgIpc) is 2.68. The fourth-order valence-corrected chi connectivity index (χ4v) is 3.29. The normalized spacial score (nSPS) is 22.7. The Morgan fingerprint density at radius 3 is 2.56 bits per heavy atom. The molecule has 1 N–H and O–H groups in total. The molecule has 1 aromatic carbocycles. The van der Waals surface area contributed by atoms with E-state index in [9.17, 15) is 14.4 Å². The van der Waals surface area contributed by atoms with Crippen molar-refractivity contribution in [2.75, 3.05) is 32.8 Å². The van der Waals surface area contributed by atoms with Crippen molar-refractivity contribution < 1.29 is 19.1 Å². The maximum atomic E-state index is 12.7. The maximum Gasteiger partial charge on any atom is 0.321 e. The zero-order valence-corrected chi connectivity index (χ0v) is 15.7. The van der Waals surface area contributed by atoms with Crippen LogP contribution in [0.2, 0.25) is 5.02 Å². The van der Waals surface area contributed by atoms with Gasteiger partial charge in [-0.05, 0) is 24.6 Å². The number of ether oxygens (including phenoxy) is 1. The van der Waals surface area contributed by atoms with E-state index in [1.54, 1.807) is 36.1 Å². The number of amides is 2. The number of hydrogen-bond donors (Lipinski definition) is 1. The Kier molecular flexibility index (Phi) is 5.95. The third-order valence-corrected chi connectivity index (χ3v) is 4.86. The number of rotatable bonds is 4. The van der Waals surface area contributed by atoms with Crippen LogP contribution >= 0.6 is 11.6 Å². The van der Waals surface area contributed by atoms with E-state index in [4.69, 9.17) is 16.3 Å². The summed E-state index contributed by atoms with van der Waals surface area (Å²) in [7, 11) is 0. The first-order chi connectivity index (χ1) is 13.0. The van der Waals surface area contributed by atoms with Gasteiger partial charge in [-0.25, -0.2) is 4.99 Å². The van der Waals surface area contributed by atoms with Crippen LogP contribution in [0.1, 0.15) is 18.5 Å². The number of carbonyl (C=O) groups excluding carboxylic acids is 3. The summed E-state index contributed by atoms with van der Waals surface area (Å²) in [5, 5.41) is 3.28. The standard InChI is InChI=1S/C18H21ClN4O4/c1-2-27-17(26)14-15(12-3-5-13(19)6-4-12)20-18(21-16(14)25)23-9-7-22(11-24)8-10-23/h3-6,11,14-15H,2,7-10H2,1H3,(H,20,21,25)/t14-,15-/m1/s1. The fourth-order valence-electron chi connectivity index (χ4n) is 3.16. The van der Waals surface area contributed by atoms with Gasteiger partial charge in [0.15, 0.2) is 5.92 Å². The first kappa shape index (κ1) is 19.2. The van der Waals surface area contributed by atoms with E-state index in [0.717, 1.165) is 6.41 Å². The minimum Gasteiger partial charge on any atom is -0.465 e. The van der Waals surface area contributed by atoms with Gasteiger partial charge in [0.1, 0.15) is 6.04 Å². The molecular formula is C18H21ClN4O4. The van der Waals surface area contributed by atoms with Crippen LogP contribution in [0, 0.1) is 5.92 Å². The number of aliphatic imine (C=N–C) groups is 1. The lowest BCUT2D eigenvalue weighted by atomic mass is 9.91. The quantitative estimate of drug-likeness (QED) is 0.465. The van der Waals surface area contributed by atoms with E-state index < -0.39 is 23.8 Å². The van der Waals surface area contributed by atoms with Crippen LogP contribution < -0.4 is 5.32 Å². The van der Waals surface area contributed by atoms with E-state index >= 15 is 0 Å². The van der Waals surface area contributed by atoms with Crippen molar-refractivity contribution in [2.24, 2.45) is 10.9 Å². The van der Waals surface area contributed by atoms with E-state index in [1.165, 1.54) is 0 Å². The van der Waals surface area contributed by atoms with Crippen molar-refractivity contribution in [1.29, 1.82) is 0 Å². The SMILES string of the molecule is CCOC(=O)[C@H]1C(=O)NC(N2CCN(C=O)CC2)=N[C@@H]1c1ccc(Cl)cc1. The number of piperazine rings is 1. The van der Waals surface area contributed by atoms with Crippen molar-refractivity contribution in [2.45, 2.75) is 13.0 Å². The number of hydrogen-bond acceptors (Lipinski definition) is 6. The molecule has 144 valence electrons. The minimum atomic E-state index is -1.06. The smallest absolute Gasteiger partial charge is 0.321 e. The van der Waals surface area contributed by atoms with Gasteiger partial charge in [0.25, 0.3) is 0 Å². The third kappa shape index (κ3) is 4.21. The summed E-state index contributed by atoms with van der Waals surface area (Å²) in [6.07, 6.45) is 0.811. The molecule has 2 atom stereocenters. The Balaban J connectivity index is 1.91. The predicted octanol–water partition coefficient (Wildman–Crippen LogP) is 0.820. The molecule has 9 heteroatoms. The second kappa shape index (κ2) is 8.39. The van der Waals surface area contributed by atoms with Crippen LogP contribution in [-0.4, -0.2) is 66.8 Å². The van der Waals surface area contributed by atoms with Gasteiger partial charge in [0.2, 0.25) is 18.3 Å². The summed E-state index contributed by atoms with van der Waals surface area (Å²) in [6, 6.07) is 6.20. The highest BCUT2D eigenvalue weighted by Gasteiger charge is 2.42. The first-order valence-corrected chi connectivity index (χ1v) is 9.16. The van der Waals surface area contributed by atoms with Crippen molar-refractivity contribution >= 4 is 35.8 Å². The average molecular weight is 393 g/mol. The van der Waals surface area contributed by atoms with Crippen LogP contribution in [0.15, 0.2) is 29.3 Å². The Morgan fingerprint density at radius 2 is 1.96 bits per heavy atom. The van der Waals surface area contributed by atoms with Crippen molar-refractivity contribution in [3.63, 3.8) is 0 Å². The second-order valence-electron chi connectivity index (χ2n) is 6.30. The molecule has 27 heavy (non-hydrogen) atoms. The highest BCUT2D eigenvalue weighted by Crippen LogP contribution is 2.31. The molecule has 0 aromatic heterocycles. The number of esters is 1. The van der Waals surface area contributed by atoms with E-state index in [0.29, 0.717) is 42.7 Å². The Morgan fingerprint density at radius 1 is 1.30 bits per heavy atom. The minimum absolute atomic E-state index is 0.181. The maximum absolute atomic E-state index is 12.7. The molecule has 8 nitrogen and oxygen atoms in total. The molecule has 2 aliphatic heterocycles. The Hall–Kier alpha value is -2.61. The van der Waals surface area contributed by atoms with Crippen LogP contribution in [-0.2, 0) is 19.1 Å². The molecule has 2 amide bonds. The van der Waals surface area contributed by atoms with Gasteiger partial charge in [-0.15, -0.1) is 0 Å². The number of guanidine groups is 1. The van der Waals surface area contributed by atoms with Gasteiger partial charge in [0, 0.05) is 31.2 Å². The molecule has 0 radical (unpaired) electrons. The molecular weight excluding hydrogens is 372 g/mol. The highest BCUT2D eigenvalue weighted by molar-refractivity contribution is 6.30. The van der Waals surface area contributed by atoms with E-state index in [2.05, 4.69) is 10.3 Å². The molecule has 0 spiro atoms. The lowest BCUT2D eigenvalue weighted by molar-refractivity contribution is -0.153. The topological polar surface area (TPSA) is 91.3 Å². The summed E-state index contributed by atoms with van der Waals surface area (Å²) >= 11 is 5.96. The third-order valence-electron chi connectivity index (χ3n) is 4.61. The van der Waals surface area contributed by atoms with Crippen LogP contribution in [0.4, 0.5) is 0 Å². The van der Waals surface area contributed by atoms with E-state index in [1.807, 2.05) is 4.90 Å². The first-order valence-electron chi connectivity index (χ1n) is 8.78. The molecule has 1 saturated heterocycles. The molecule has 3 rings (SSSR count). The van der Waals surface area contributed by atoms with Crippen LogP contribution in [0.3, 0.4) is 0 Å². The number of benzene rings is 1. The number of halogens is 1. The molecule has 0 unspecified atom stereocenters. The van der Waals surface area contributed by atoms with Gasteiger partial charge < -0.3 is 14.5 Å². The van der Waals surface area contributed by atoms with Crippen molar-refractivity contribution in [3.8, 4) is 0 Å². The number of nitrogens with zero attached hydrogens (tertiary/aromatic N) is 3. The van der Waals surface area contributed by atoms with Gasteiger partial charge in [-0.3, -0.25) is 19.7 Å². The summed E-state index contributed by atoms with van der Waals surface area (Å²) in [5.41, 5.74) is 0.705. The molecule has 0 aliphatic carbocycles. The molecule has 2 heterocycles. The van der Waals surface area contributed by atoms with Crippen molar-refractivity contribution in [3.05, 3.63) is 34.9 Å². The lowest BCUT2D eigenvalue weighted by Crippen LogP contribution is -2.57. The molecule has 0 bridgehead atoms. The zero-order chi connectivity index (χ0) is 19.4. The molecule has 1 fully saturated rings. The van der Waals surface area contributed by atoms with Crippen LogP contribution in [0.5, 0.6) is 0 Å². The van der Waals surface area contributed by atoms with Gasteiger partial charge in [-0.2, -0.15) is 0 Å².